The van der Waals surface area contributed by atoms with Crippen LogP contribution in [0.1, 0.15) is 20.8 Å². The Morgan fingerprint density at radius 2 is 2.23 bits per heavy atom. The minimum Gasteiger partial charge on any atom is -0.464 e. The minimum absolute atomic E-state index is 0.267. The molecule has 0 heterocycles. The number of guanidine groups is 1. The van der Waals surface area contributed by atoms with E-state index in [1.54, 1.807) is 13.8 Å². The Kier molecular flexibility index (Phi) is 5.67. The molecule has 5 nitrogen and oxygen atoms in total. The van der Waals surface area contributed by atoms with Gasteiger partial charge >= 0.3 is 5.97 Å². The molecule has 76 valence electrons. The maximum absolute atomic E-state index is 11.1. The summed E-state index contributed by atoms with van der Waals surface area (Å²) in [6.07, 6.45) is 0. The third kappa shape index (κ3) is 5.05. The lowest BCUT2D eigenvalue weighted by Gasteiger charge is -2.12. The van der Waals surface area contributed by atoms with Gasteiger partial charge in [0.15, 0.2) is 5.96 Å². The summed E-state index contributed by atoms with van der Waals surface area (Å²) in [6, 6.07) is -0.449. The molecule has 0 bridgehead atoms. The predicted octanol–water partition coefficient (Wildman–Crippen LogP) is -0.138. The molecule has 1 unspecified atom stereocenters. The quantitative estimate of drug-likeness (QED) is 0.365. The first kappa shape index (κ1) is 11.7. The molecular formula is C8H17N3O2. The fraction of sp³-hybridized carbons (Fsp3) is 0.750. The van der Waals surface area contributed by atoms with Crippen molar-refractivity contribution in [1.29, 1.82) is 0 Å². The molecule has 0 aromatic heterocycles. The molecule has 5 heteroatoms. The van der Waals surface area contributed by atoms with Crippen LogP contribution in [0.15, 0.2) is 4.99 Å². The highest BCUT2D eigenvalue weighted by Crippen LogP contribution is 1.86. The molecule has 0 aliphatic carbocycles. The number of nitrogens with zero attached hydrogens (tertiary/aromatic N) is 1. The van der Waals surface area contributed by atoms with Gasteiger partial charge in [-0.3, -0.25) is 4.99 Å². The van der Waals surface area contributed by atoms with Gasteiger partial charge in [0.05, 0.1) is 6.61 Å². The van der Waals surface area contributed by atoms with E-state index in [2.05, 4.69) is 10.3 Å². The zero-order chi connectivity index (χ0) is 10.3. The van der Waals surface area contributed by atoms with Gasteiger partial charge in [0, 0.05) is 6.54 Å². The van der Waals surface area contributed by atoms with Crippen LogP contribution in [0.5, 0.6) is 0 Å². The van der Waals surface area contributed by atoms with Crippen molar-refractivity contribution >= 4 is 11.9 Å². The van der Waals surface area contributed by atoms with Crippen LogP contribution in [0.4, 0.5) is 0 Å². The number of aliphatic imine (C=N–C) groups is 1. The first-order valence-corrected chi connectivity index (χ1v) is 4.34. The van der Waals surface area contributed by atoms with E-state index in [4.69, 9.17) is 10.5 Å². The maximum Gasteiger partial charge on any atom is 0.328 e. The molecule has 0 fully saturated rings. The number of esters is 1. The predicted molar refractivity (Wildman–Crippen MR) is 51.4 cm³/mol. The topological polar surface area (TPSA) is 76.7 Å². The van der Waals surface area contributed by atoms with E-state index in [1.165, 1.54) is 0 Å². The van der Waals surface area contributed by atoms with Crippen LogP contribution in [0.3, 0.4) is 0 Å². The van der Waals surface area contributed by atoms with E-state index in [0.717, 1.165) is 0 Å². The lowest BCUT2D eigenvalue weighted by atomic mass is 10.3. The monoisotopic (exact) mass is 187 g/mol. The lowest BCUT2D eigenvalue weighted by molar-refractivity contribution is -0.144. The largest absolute Gasteiger partial charge is 0.464 e. The second-order valence-electron chi connectivity index (χ2n) is 2.48. The first-order valence-electron chi connectivity index (χ1n) is 4.34. The van der Waals surface area contributed by atoms with Crippen LogP contribution in [0, 0.1) is 0 Å². The van der Waals surface area contributed by atoms with Gasteiger partial charge in [0.25, 0.3) is 0 Å². The number of ether oxygens (including phenoxy) is 1. The highest BCUT2D eigenvalue weighted by Gasteiger charge is 2.13. The van der Waals surface area contributed by atoms with Gasteiger partial charge in [-0.1, -0.05) is 0 Å². The van der Waals surface area contributed by atoms with Crippen molar-refractivity contribution < 1.29 is 9.53 Å². The highest BCUT2D eigenvalue weighted by molar-refractivity contribution is 5.85. The summed E-state index contributed by atoms with van der Waals surface area (Å²) in [5.41, 5.74) is 5.45. The molecule has 0 rings (SSSR count). The number of nitrogens with one attached hydrogen (secondary N) is 1. The van der Waals surface area contributed by atoms with Gasteiger partial charge < -0.3 is 15.8 Å². The van der Waals surface area contributed by atoms with Crippen LogP contribution in [0.25, 0.3) is 0 Å². The van der Waals surface area contributed by atoms with Crippen molar-refractivity contribution in [2.45, 2.75) is 26.8 Å². The lowest BCUT2D eigenvalue weighted by Crippen LogP contribution is -2.43. The second kappa shape index (κ2) is 6.28. The SMILES string of the molecule is CCN=C(N)NC(C)C(=O)OCC. The van der Waals surface area contributed by atoms with Gasteiger partial charge in [-0.25, -0.2) is 4.79 Å². The van der Waals surface area contributed by atoms with E-state index < -0.39 is 6.04 Å². The number of carbonyl (C=O) groups excluding carboxylic acids is 1. The summed E-state index contributed by atoms with van der Waals surface area (Å²) >= 11 is 0. The number of hydrogen-bond donors (Lipinski definition) is 2. The molecule has 0 saturated carbocycles. The first-order chi connectivity index (χ1) is 6.11. The van der Waals surface area contributed by atoms with Gasteiger partial charge in [0.2, 0.25) is 0 Å². The van der Waals surface area contributed by atoms with Crippen LogP contribution in [0.2, 0.25) is 0 Å². The Hall–Kier alpha value is -1.26. The third-order valence-electron chi connectivity index (χ3n) is 1.33. The van der Waals surface area contributed by atoms with Gasteiger partial charge in [-0.05, 0) is 20.8 Å². The summed E-state index contributed by atoms with van der Waals surface area (Å²) in [5.74, 6) is -0.0557. The van der Waals surface area contributed by atoms with Crippen molar-refractivity contribution in [3.05, 3.63) is 0 Å². The number of hydrogen-bond acceptors (Lipinski definition) is 3. The molecule has 3 N–H and O–H groups in total. The van der Waals surface area contributed by atoms with E-state index in [1.807, 2.05) is 6.92 Å². The average molecular weight is 187 g/mol. The van der Waals surface area contributed by atoms with E-state index in [-0.39, 0.29) is 11.9 Å². The fourth-order valence-corrected chi connectivity index (χ4v) is 0.764. The summed E-state index contributed by atoms with van der Waals surface area (Å²) in [5, 5.41) is 2.72. The Morgan fingerprint density at radius 1 is 1.62 bits per heavy atom. The second-order valence-corrected chi connectivity index (χ2v) is 2.48. The van der Waals surface area contributed by atoms with E-state index in [9.17, 15) is 4.79 Å². The Morgan fingerprint density at radius 3 is 2.69 bits per heavy atom. The molecule has 1 atom stereocenters. The van der Waals surface area contributed by atoms with Crippen LogP contribution in [-0.2, 0) is 9.53 Å². The number of nitrogens with two attached hydrogens (primary N) is 1. The molecule has 0 saturated heterocycles. The van der Waals surface area contributed by atoms with Crippen LogP contribution >= 0.6 is 0 Å². The van der Waals surface area contributed by atoms with E-state index in [0.29, 0.717) is 13.2 Å². The molecule has 0 radical (unpaired) electrons. The summed E-state index contributed by atoms with van der Waals surface area (Å²) < 4.78 is 4.77. The Bertz CT molecular complexity index is 192. The van der Waals surface area contributed by atoms with Gasteiger partial charge in [0.1, 0.15) is 6.04 Å². The van der Waals surface area contributed by atoms with Crippen LogP contribution in [-0.4, -0.2) is 31.1 Å². The van der Waals surface area contributed by atoms with Gasteiger partial charge in [-0.2, -0.15) is 0 Å². The normalized spacial score (nSPS) is 13.6. The van der Waals surface area contributed by atoms with E-state index >= 15 is 0 Å². The van der Waals surface area contributed by atoms with Crippen molar-refractivity contribution in [3.63, 3.8) is 0 Å². The minimum atomic E-state index is -0.449. The van der Waals surface area contributed by atoms with Crippen LogP contribution < -0.4 is 11.1 Å². The molecule has 0 aromatic rings. The zero-order valence-corrected chi connectivity index (χ0v) is 8.33. The Balaban J connectivity index is 3.92. The third-order valence-corrected chi connectivity index (χ3v) is 1.33. The summed E-state index contributed by atoms with van der Waals surface area (Å²) in [7, 11) is 0. The smallest absolute Gasteiger partial charge is 0.328 e. The molecule has 0 amide bonds. The molecule has 0 aliphatic rings. The molecule has 0 aromatic carbocycles. The summed E-state index contributed by atoms with van der Waals surface area (Å²) in [4.78, 5) is 15.0. The highest BCUT2D eigenvalue weighted by atomic mass is 16.5. The fourth-order valence-electron chi connectivity index (χ4n) is 0.764. The maximum atomic E-state index is 11.1. The molecule has 13 heavy (non-hydrogen) atoms. The number of carbonyl (C=O) groups is 1. The van der Waals surface area contributed by atoms with Gasteiger partial charge in [-0.15, -0.1) is 0 Å². The van der Waals surface area contributed by atoms with Crippen molar-refractivity contribution in [2.24, 2.45) is 10.7 Å². The average Bonchev–Trinajstić information content (AvgIpc) is 2.05. The zero-order valence-electron chi connectivity index (χ0n) is 8.33. The standard InChI is InChI=1S/C8H17N3O2/c1-4-10-8(9)11-6(3)7(12)13-5-2/h6H,4-5H2,1-3H3,(H3,9,10,11). The summed E-state index contributed by atoms with van der Waals surface area (Å²) in [6.45, 7) is 6.26. The van der Waals surface area contributed by atoms with Crippen molar-refractivity contribution in [1.82, 2.24) is 5.32 Å². The molecular weight excluding hydrogens is 170 g/mol. The molecule has 0 spiro atoms. The Labute approximate surface area is 78.4 Å². The van der Waals surface area contributed by atoms with Crippen molar-refractivity contribution in [3.8, 4) is 0 Å². The molecule has 0 aliphatic heterocycles. The van der Waals surface area contributed by atoms with Crippen molar-refractivity contribution in [2.75, 3.05) is 13.2 Å². The number of rotatable bonds is 4.